The van der Waals surface area contributed by atoms with Crippen molar-refractivity contribution in [1.82, 2.24) is 0 Å². The Balaban J connectivity index is 0.0000102. The first-order valence-corrected chi connectivity index (χ1v) is 12.5. The van der Waals surface area contributed by atoms with Gasteiger partial charge < -0.3 is 29.4 Å². The number of carboxylic acids is 1. The molecule has 1 aromatic carbocycles. The van der Waals surface area contributed by atoms with Crippen LogP contribution in [0, 0.1) is 0 Å². The van der Waals surface area contributed by atoms with Crippen molar-refractivity contribution < 1.29 is 47.8 Å². The maximum absolute atomic E-state index is 12.2. The third kappa shape index (κ3) is 16.6. The molecule has 0 saturated heterocycles. The molecular weight excluding hydrogens is 453 g/mol. The van der Waals surface area contributed by atoms with E-state index in [9.17, 15) is 14.3 Å². The fourth-order valence-electron chi connectivity index (χ4n) is 2.90. The number of carboxylic acid groups (broad SMARTS) is 1. The lowest BCUT2D eigenvalue weighted by atomic mass is 10.2. The molecule has 0 aliphatic carbocycles. The molecule has 1 unspecified atom stereocenters. The number of ether oxygens (including phenoxy) is 2. The minimum absolute atomic E-state index is 0. The number of quaternary nitrogens is 1. The van der Waals surface area contributed by atoms with E-state index in [2.05, 4.69) is 6.92 Å². The lowest BCUT2D eigenvalue weighted by Crippen LogP contribution is -2.42. The molecule has 192 valence electrons. The van der Waals surface area contributed by atoms with Gasteiger partial charge in [-0.05, 0) is 37.8 Å². The zero-order valence-corrected chi connectivity index (χ0v) is 21.0. The summed E-state index contributed by atoms with van der Waals surface area (Å²) < 4.78 is 34.1. The zero-order valence-electron chi connectivity index (χ0n) is 20.1. The van der Waals surface area contributed by atoms with E-state index in [4.69, 9.17) is 23.6 Å². The number of rotatable bonds is 18. The topological polar surface area (TPSA) is 142 Å². The molecule has 0 aliphatic heterocycles. The second-order valence-corrected chi connectivity index (χ2v) is 10.1. The van der Waals surface area contributed by atoms with Crippen LogP contribution in [0.4, 0.5) is 0 Å². The number of nitrogens with zero attached hydrogens (tertiary/aromatic N) is 1. The maximum atomic E-state index is 12.2. The summed E-state index contributed by atoms with van der Waals surface area (Å²) in [5.74, 6) is 0.432. The van der Waals surface area contributed by atoms with Gasteiger partial charge in [-0.3, -0.25) is 13.8 Å². The van der Waals surface area contributed by atoms with Crippen molar-refractivity contribution in [3.05, 3.63) is 24.3 Å². The van der Waals surface area contributed by atoms with Crippen LogP contribution in [0.5, 0.6) is 11.5 Å². The molecule has 3 N–H and O–H groups in total. The van der Waals surface area contributed by atoms with Crippen LogP contribution in [-0.2, 0) is 18.4 Å². The van der Waals surface area contributed by atoms with Crippen molar-refractivity contribution in [3.63, 3.8) is 0 Å². The smallest absolute Gasteiger partial charge is 0.472 e. The number of benzene rings is 1. The van der Waals surface area contributed by atoms with E-state index in [1.54, 1.807) is 0 Å². The number of phosphoric acid groups is 1. The van der Waals surface area contributed by atoms with Crippen molar-refractivity contribution in [3.8, 4) is 11.5 Å². The van der Waals surface area contributed by atoms with Gasteiger partial charge in [-0.1, -0.05) is 19.4 Å². The van der Waals surface area contributed by atoms with Crippen molar-refractivity contribution in [2.24, 2.45) is 0 Å². The van der Waals surface area contributed by atoms with E-state index < -0.39 is 19.9 Å². The molecule has 0 radical (unpaired) electrons. The Morgan fingerprint density at radius 2 is 1.61 bits per heavy atom. The molecule has 0 amide bonds. The van der Waals surface area contributed by atoms with Crippen LogP contribution in [0.15, 0.2) is 24.3 Å². The highest BCUT2D eigenvalue weighted by atomic mass is 31.2. The number of hydrogen-bond donors (Lipinski definition) is 2. The number of carbonyl (C=O) groups is 1. The summed E-state index contributed by atoms with van der Waals surface area (Å²) in [7, 11) is 1.21. The fourth-order valence-corrected chi connectivity index (χ4v) is 3.84. The Hall–Kier alpha value is -1.68. The van der Waals surface area contributed by atoms with E-state index in [0.29, 0.717) is 24.1 Å². The Labute approximate surface area is 196 Å². The van der Waals surface area contributed by atoms with Crippen molar-refractivity contribution in [1.29, 1.82) is 0 Å². The van der Waals surface area contributed by atoms with Crippen LogP contribution < -0.4 is 9.47 Å². The highest BCUT2D eigenvalue weighted by Crippen LogP contribution is 2.45. The minimum atomic E-state index is -4.33. The monoisotopic (exact) mass is 493 g/mol. The standard InChI is InChI=1S/C22H38NO8P.H2O/c1-5-6-13-28-19-11-10-12-20(16-19)29-14-8-7-9-15-30-32(26,27)31-21(17-22(24)25)18-23(2,3)4;/h10-12,16,21H,5-9,13-15,17-18H2,1-4H3,(H-,24,25,26,27);1H2/t21-;/m1./s1. The van der Waals surface area contributed by atoms with Gasteiger partial charge in [0.25, 0.3) is 0 Å². The first-order valence-electron chi connectivity index (χ1n) is 11.0. The lowest BCUT2D eigenvalue weighted by Gasteiger charge is -2.29. The average molecular weight is 494 g/mol. The van der Waals surface area contributed by atoms with Crippen LogP contribution in [0.3, 0.4) is 0 Å². The zero-order chi connectivity index (χ0) is 24.0. The molecule has 0 saturated carbocycles. The predicted octanol–water partition coefficient (Wildman–Crippen LogP) is 3.92. The number of unbranched alkanes of at least 4 members (excludes halogenated alkanes) is 3. The molecule has 0 bridgehead atoms. The first-order chi connectivity index (χ1) is 15.0. The summed E-state index contributed by atoms with van der Waals surface area (Å²) in [5, 5.41) is 9.00. The second kappa shape index (κ2) is 16.0. The molecule has 0 heterocycles. The average Bonchev–Trinajstić information content (AvgIpc) is 2.65. The quantitative estimate of drug-likeness (QED) is 0.177. The third-order valence-corrected chi connectivity index (χ3v) is 5.39. The summed E-state index contributed by atoms with van der Waals surface area (Å²) >= 11 is 0. The second-order valence-electron chi connectivity index (χ2n) is 8.69. The summed E-state index contributed by atoms with van der Waals surface area (Å²) in [6.07, 6.45) is 2.85. The summed E-state index contributed by atoms with van der Waals surface area (Å²) in [6, 6.07) is 7.52. The van der Waals surface area contributed by atoms with E-state index in [0.717, 1.165) is 37.2 Å². The Morgan fingerprint density at radius 1 is 1.03 bits per heavy atom. The Bertz CT molecular complexity index is 724. The van der Waals surface area contributed by atoms with Gasteiger partial charge in [-0.25, -0.2) is 4.57 Å². The molecule has 33 heavy (non-hydrogen) atoms. The van der Waals surface area contributed by atoms with Crippen molar-refractivity contribution in [2.45, 2.75) is 51.6 Å². The van der Waals surface area contributed by atoms with Gasteiger partial charge in [-0.15, -0.1) is 0 Å². The van der Waals surface area contributed by atoms with Crippen LogP contribution >= 0.6 is 7.82 Å². The van der Waals surface area contributed by atoms with Gasteiger partial charge in [0.2, 0.25) is 0 Å². The highest BCUT2D eigenvalue weighted by Gasteiger charge is 2.31. The molecule has 1 rings (SSSR count). The molecule has 1 aromatic rings. The van der Waals surface area contributed by atoms with Gasteiger partial charge in [0.05, 0.1) is 47.4 Å². The number of aliphatic carboxylic acids is 1. The third-order valence-electron chi connectivity index (χ3n) is 4.32. The molecule has 0 fully saturated rings. The van der Waals surface area contributed by atoms with Gasteiger partial charge in [-0.2, -0.15) is 0 Å². The Kier molecular flexibility index (Phi) is 15.2. The first kappa shape index (κ1) is 31.3. The van der Waals surface area contributed by atoms with Crippen LogP contribution in [0.2, 0.25) is 0 Å². The number of hydrogen-bond acceptors (Lipinski definition) is 7. The molecular formula is C22H40NO9P. The summed E-state index contributed by atoms with van der Waals surface area (Å²) in [6.45, 7) is 3.62. The number of phosphoric ester groups is 1. The molecule has 11 heteroatoms. The van der Waals surface area contributed by atoms with Crippen LogP contribution in [0.1, 0.15) is 45.4 Å². The van der Waals surface area contributed by atoms with E-state index in [1.165, 1.54) is 0 Å². The van der Waals surface area contributed by atoms with Crippen LogP contribution in [0.25, 0.3) is 0 Å². The molecule has 0 aromatic heterocycles. The van der Waals surface area contributed by atoms with Gasteiger partial charge >= 0.3 is 13.8 Å². The summed E-state index contributed by atoms with van der Waals surface area (Å²) in [5.41, 5.74) is 0. The maximum Gasteiger partial charge on any atom is 0.472 e. The molecule has 0 spiro atoms. The Morgan fingerprint density at radius 3 is 2.15 bits per heavy atom. The molecule has 0 aliphatic rings. The van der Waals surface area contributed by atoms with Crippen molar-refractivity contribution in [2.75, 3.05) is 47.5 Å². The largest absolute Gasteiger partial charge is 0.870 e. The van der Waals surface area contributed by atoms with E-state index in [1.807, 2.05) is 45.4 Å². The molecule has 2 atom stereocenters. The highest BCUT2D eigenvalue weighted by molar-refractivity contribution is 7.47. The summed E-state index contributed by atoms with van der Waals surface area (Å²) in [4.78, 5) is 20.9. The van der Waals surface area contributed by atoms with Crippen molar-refractivity contribution >= 4 is 13.8 Å². The van der Waals surface area contributed by atoms with Gasteiger partial charge in [0.15, 0.2) is 0 Å². The SMILES string of the molecule is CCCCOc1cccc(OCCCCCOP(=O)(O)O[C@H](CC(=O)O)C[N+](C)(C)C)c1.[OH-]. The minimum Gasteiger partial charge on any atom is -0.870 e. The van der Waals surface area contributed by atoms with E-state index in [-0.39, 0.29) is 25.0 Å². The van der Waals surface area contributed by atoms with E-state index >= 15 is 0 Å². The molecule has 10 nitrogen and oxygen atoms in total. The fraction of sp³-hybridized carbons (Fsp3) is 0.682. The van der Waals surface area contributed by atoms with Gasteiger partial charge in [0.1, 0.15) is 24.1 Å². The van der Waals surface area contributed by atoms with Gasteiger partial charge in [0, 0.05) is 6.07 Å². The lowest BCUT2D eigenvalue weighted by molar-refractivity contribution is -0.873. The normalized spacial score (nSPS) is 14.1. The predicted molar refractivity (Wildman–Crippen MR) is 124 cm³/mol. The number of likely N-dealkylation sites (N-methyl/N-ethyl adjacent to an activating group) is 1. The van der Waals surface area contributed by atoms with Crippen LogP contribution in [-0.4, -0.2) is 79.5 Å².